The van der Waals surface area contributed by atoms with E-state index in [1.54, 1.807) is 0 Å². The average molecular weight is 308 g/mol. The summed E-state index contributed by atoms with van der Waals surface area (Å²) in [5, 5.41) is 9.43. The van der Waals surface area contributed by atoms with Gasteiger partial charge in [0.15, 0.2) is 0 Å². The van der Waals surface area contributed by atoms with Crippen molar-refractivity contribution in [3.8, 4) is 11.1 Å². The lowest BCUT2D eigenvalue weighted by Crippen LogP contribution is -2.11. The van der Waals surface area contributed by atoms with E-state index in [-0.39, 0.29) is 21.7 Å². The van der Waals surface area contributed by atoms with Crippen molar-refractivity contribution in [2.24, 2.45) is 0 Å². The SMILES string of the molecule is COC(=O)c1ccc(Cl)c(-c2c[nH]c(=O)cc2C(=O)O)c1. The number of rotatable bonds is 3. The van der Waals surface area contributed by atoms with E-state index >= 15 is 0 Å². The number of halogens is 1. The van der Waals surface area contributed by atoms with Gasteiger partial charge < -0.3 is 14.8 Å². The summed E-state index contributed by atoms with van der Waals surface area (Å²) < 4.78 is 4.61. The molecule has 0 aliphatic carbocycles. The maximum absolute atomic E-state index is 11.5. The minimum Gasteiger partial charge on any atom is -0.478 e. The Balaban J connectivity index is 2.69. The number of pyridine rings is 1. The van der Waals surface area contributed by atoms with Crippen molar-refractivity contribution in [3.63, 3.8) is 0 Å². The summed E-state index contributed by atoms with van der Waals surface area (Å²) >= 11 is 6.06. The second-order valence-electron chi connectivity index (χ2n) is 4.12. The lowest BCUT2D eigenvalue weighted by atomic mass is 10.00. The van der Waals surface area contributed by atoms with E-state index in [1.807, 2.05) is 0 Å². The molecule has 1 aromatic carbocycles. The van der Waals surface area contributed by atoms with Crippen molar-refractivity contribution < 1.29 is 19.4 Å². The van der Waals surface area contributed by atoms with Crippen LogP contribution in [0.3, 0.4) is 0 Å². The van der Waals surface area contributed by atoms with E-state index < -0.39 is 17.5 Å². The first-order valence-electron chi connectivity index (χ1n) is 5.78. The van der Waals surface area contributed by atoms with Crippen LogP contribution in [0.1, 0.15) is 20.7 Å². The Kier molecular flexibility index (Phi) is 4.09. The molecule has 7 heteroatoms. The molecular weight excluding hydrogens is 298 g/mol. The molecule has 1 aromatic heterocycles. The van der Waals surface area contributed by atoms with Crippen LogP contribution >= 0.6 is 11.6 Å². The molecular formula is C14H10ClNO5. The number of hydrogen-bond acceptors (Lipinski definition) is 4. The fourth-order valence-electron chi connectivity index (χ4n) is 1.85. The average Bonchev–Trinajstić information content (AvgIpc) is 2.47. The number of hydrogen-bond donors (Lipinski definition) is 2. The molecule has 0 fully saturated rings. The number of esters is 1. The Bertz CT molecular complexity index is 781. The summed E-state index contributed by atoms with van der Waals surface area (Å²) in [4.78, 5) is 36.4. The molecule has 0 bridgehead atoms. The van der Waals surface area contributed by atoms with Crippen LogP contribution in [0, 0.1) is 0 Å². The van der Waals surface area contributed by atoms with Gasteiger partial charge in [0, 0.05) is 28.4 Å². The Morgan fingerprint density at radius 2 is 1.95 bits per heavy atom. The quantitative estimate of drug-likeness (QED) is 0.847. The van der Waals surface area contributed by atoms with E-state index in [1.165, 1.54) is 31.5 Å². The van der Waals surface area contributed by atoms with Crippen LogP contribution in [-0.2, 0) is 4.74 Å². The number of H-pyrrole nitrogens is 1. The maximum atomic E-state index is 11.5. The van der Waals surface area contributed by atoms with E-state index in [0.29, 0.717) is 5.56 Å². The van der Waals surface area contributed by atoms with Crippen LogP contribution in [-0.4, -0.2) is 29.1 Å². The first kappa shape index (κ1) is 14.8. The second-order valence-corrected chi connectivity index (χ2v) is 4.52. The van der Waals surface area contributed by atoms with Gasteiger partial charge in [-0.15, -0.1) is 0 Å². The molecule has 0 saturated carbocycles. The van der Waals surface area contributed by atoms with Crippen LogP contribution in [0.25, 0.3) is 11.1 Å². The van der Waals surface area contributed by atoms with Gasteiger partial charge in [0.05, 0.1) is 18.2 Å². The summed E-state index contributed by atoms with van der Waals surface area (Å²) in [6.45, 7) is 0. The molecule has 0 aliphatic rings. The van der Waals surface area contributed by atoms with E-state index in [9.17, 15) is 19.5 Å². The minimum absolute atomic E-state index is 0.206. The van der Waals surface area contributed by atoms with Gasteiger partial charge in [-0.2, -0.15) is 0 Å². The van der Waals surface area contributed by atoms with Crippen LogP contribution < -0.4 is 5.56 Å². The highest BCUT2D eigenvalue weighted by atomic mass is 35.5. The molecule has 0 radical (unpaired) electrons. The lowest BCUT2D eigenvalue weighted by Gasteiger charge is -2.09. The highest BCUT2D eigenvalue weighted by molar-refractivity contribution is 6.33. The van der Waals surface area contributed by atoms with Gasteiger partial charge >= 0.3 is 11.9 Å². The number of methoxy groups -OCH3 is 1. The summed E-state index contributed by atoms with van der Waals surface area (Å²) in [6, 6.07) is 5.29. The van der Waals surface area contributed by atoms with E-state index in [2.05, 4.69) is 9.72 Å². The molecule has 2 aromatic rings. The van der Waals surface area contributed by atoms with E-state index in [0.717, 1.165) is 6.07 Å². The first-order chi connectivity index (χ1) is 9.93. The second kappa shape index (κ2) is 5.80. The number of aromatic nitrogens is 1. The number of aromatic amines is 1. The number of carbonyl (C=O) groups excluding carboxylic acids is 1. The summed E-state index contributed by atoms with van der Waals surface area (Å²) in [7, 11) is 1.24. The van der Waals surface area contributed by atoms with Gasteiger partial charge in [0.1, 0.15) is 0 Å². The van der Waals surface area contributed by atoms with Crippen molar-refractivity contribution in [1.29, 1.82) is 0 Å². The molecule has 0 spiro atoms. The minimum atomic E-state index is -1.27. The van der Waals surface area contributed by atoms with Gasteiger partial charge in [-0.25, -0.2) is 9.59 Å². The zero-order valence-electron chi connectivity index (χ0n) is 10.8. The Hall–Kier alpha value is -2.60. The van der Waals surface area contributed by atoms with Crippen molar-refractivity contribution in [3.05, 3.63) is 57.0 Å². The molecule has 2 rings (SSSR count). The number of benzene rings is 1. The van der Waals surface area contributed by atoms with Crippen molar-refractivity contribution in [1.82, 2.24) is 4.98 Å². The molecule has 0 amide bonds. The molecule has 0 atom stereocenters. The van der Waals surface area contributed by atoms with Crippen LogP contribution in [0.4, 0.5) is 0 Å². The summed E-state index contributed by atoms with van der Waals surface area (Å²) in [5.41, 5.74) is -0.00966. The fraction of sp³-hybridized carbons (Fsp3) is 0.0714. The number of ether oxygens (including phenoxy) is 1. The molecule has 1 heterocycles. The topological polar surface area (TPSA) is 96.5 Å². The van der Waals surface area contributed by atoms with Crippen LogP contribution in [0.15, 0.2) is 35.3 Å². The predicted molar refractivity (Wildman–Crippen MR) is 75.8 cm³/mol. The van der Waals surface area contributed by atoms with Crippen molar-refractivity contribution in [2.75, 3.05) is 7.11 Å². The summed E-state index contributed by atoms with van der Waals surface area (Å²) in [5.74, 6) is -1.84. The van der Waals surface area contributed by atoms with E-state index in [4.69, 9.17) is 11.6 Å². The molecule has 108 valence electrons. The molecule has 0 unspecified atom stereocenters. The first-order valence-corrected chi connectivity index (χ1v) is 6.16. The third kappa shape index (κ3) is 2.95. The molecule has 0 aliphatic heterocycles. The van der Waals surface area contributed by atoms with Crippen LogP contribution in [0.2, 0.25) is 5.02 Å². The number of nitrogens with one attached hydrogen (secondary N) is 1. The molecule has 21 heavy (non-hydrogen) atoms. The summed E-state index contributed by atoms with van der Waals surface area (Å²) in [6.07, 6.45) is 1.24. The van der Waals surface area contributed by atoms with Gasteiger partial charge in [-0.05, 0) is 18.2 Å². The van der Waals surface area contributed by atoms with Crippen molar-refractivity contribution >= 4 is 23.5 Å². The maximum Gasteiger partial charge on any atom is 0.337 e. The molecule has 6 nitrogen and oxygen atoms in total. The van der Waals surface area contributed by atoms with Gasteiger partial charge in [0.25, 0.3) is 0 Å². The van der Waals surface area contributed by atoms with Gasteiger partial charge in [-0.3, -0.25) is 4.79 Å². The monoisotopic (exact) mass is 307 g/mol. The van der Waals surface area contributed by atoms with Gasteiger partial charge in [0.2, 0.25) is 5.56 Å². The number of carboxylic acid groups (broad SMARTS) is 1. The van der Waals surface area contributed by atoms with Crippen molar-refractivity contribution in [2.45, 2.75) is 0 Å². The molecule has 2 N–H and O–H groups in total. The zero-order valence-corrected chi connectivity index (χ0v) is 11.6. The standard InChI is InChI=1S/C14H10ClNO5/c1-21-14(20)7-2-3-11(15)8(4-7)10-6-16-12(17)5-9(10)13(18)19/h2-6H,1H3,(H,16,17)(H,18,19). The predicted octanol–water partition coefficient (Wildman–Crippen LogP) is 2.18. The number of aromatic carboxylic acids is 1. The lowest BCUT2D eigenvalue weighted by molar-refractivity contribution is 0.0600. The Labute approximate surface area is 123 Å². The van der Waals surface area contributed by atoms with Gasteiger partial charge in [-0.1, -0.05) is 11.6 Å². The highest BCUT2D eigenvalue weighted by Gasteiger charge is 2.17. The normalized spacial score (nSPS) is 10.2. The van der Waals surface area contributed by atoms with Crippen LogP contribution in [0.5, 0.6) is 0 Å². The Morgan fingerprint density at radius 1 is 1.24 bits per heavy atom. The zero-order chi connectivity index (χ0) is 15.6. The molecule has 0 saturated heterocycles. The highest BCUT2D eigenvalue weighted by Crippen LogP contribution is 2.30. The largest absolute Gasteiger partial charge is 0.478 e. The fourth-order valence-corrected chi connectivity index (χ4v) is 2.07. The third-order valence-corrected chi connectivity index (χ3v) is 3.16. The smallest absolute Gasteiger partial charge is 0.337 e. The third-order valence-electron chi connectivity index (χ3n) is 2.83. The number of carboxylic acids is 1. The Morgan fingerprint density at radius 3 is 2.57 bits per heavy atom. The number of carbonyl (C=O) groups is 2.